The predicted molar refractivity (Wildman–Crippen MR) is 519 cm³/mol. The Morgan fingerprint density at radius 3 is 1.03 bits per heavy atom. The van der Waals surface area contributed by atoms with Crippen LogP contribution in [0.4, 0.5) is 70.3 Å². The number of aromatic nitrogens is 5. The lowest BCUT2D eigenvalue weighted by molar-refractivity contribution is -0.138. The maximum absolute atomic E-state index is 13.5. The van der Waals surface area contributed by atoms with Crippen molar-refractivity contribution < 1.29 is 81.9 Å². The van der Waals surface area contributed by atoms with E-state index >= 15 is 0 Å². The molecule has 742 valence electrons. The fourth-order valence-corrected chi connectivity index (χ4v) is 18.7. The number of nitrogens with one attached hydrogen (secondary N) is 5. The topological polar surface area (TPSA) is 218 Å². The molecule has 8 heterocycles. The molecule has 3 unspecified atom stereocenters. The molecule has 0 bridgehead atoms. The second-order valence-corrected chi connectivity index (χ2v) is 37.2. The highest BCUT2D eigenvalue weighted by molar-refractivity contribution is 5.90. The molecule has 7 N–H and O–H groups in total. The molecule has 0 radical (unpaired) electrons. The second-order valence-electron chi connectivity index (χ2n) is 37.2. The molecule has 4 fully saturated rings. The molecule has 12 atom stereocenters. The highest BCUT2D eigenvalue weighted by atomic mass is 19.4. The van der Waals surface area contributed by atoms with Gasteiger partial charge in [-0.1, -0.05) is 191 Å². The number of rotatable bonds is 28. The fourth-order valence-electron chi connectivity index (χ4n) is 18.7. The van der Waals surface area contributed by atoms with Gasteiger partial charge in [0.25, 0.3) is 0 Å². The van der Waals surface area contributed by atoms with E-state index in [0.717, 1.165) is 109 Å². The summed E-state index contributed by atoms with van der Waals surface area (Å²) in [5, 5.41) is 40.9. The standard InChI is InChI=1S/C32H33F3N4O.C28H31F3N2O.C26H29F3N4O.C24H29F3N2O3/c1-23-18-25(20-27(19-23)32(33,34)35)24(2)40-22-31(26-10-4-3-5-11-26)15-14-28(21-38-31)39(29-12-6-8-16-36-29)30-13-7-9-17-37-30;1-20-14-23(17-25(15-20)28(29,30)31)21(2)34-19-27(24-8-4-3-5-9-24)12-11-22(18-33-27)16-26-10-6-7-13-32-26;1-18-13-20(15-22(14-18)26(27,28)29)19(2)34-17-25(21-7-4-3-5-8-21)10-9-23(16-32-25)33-24-30-11-6-12-31-24;1-16-11-19(13-21(12-16)24(25,26)27)17(2)32-15-22(20-7-5-4-6-8-20)9-10-23(30,14-28-22)18(3)29-31/h3-13,16-20,24,28,38H,14-15,21-22H2,1-2H3;3-10,13-15,17,21-22,33H,11-12,16,18-19H2,1-2H3;3-8,11-15,19,23,32H,9-10,16-17H2,1-2H3,(H,30,31,33);4-8,11-13,17,28,30-31H,9-10,14-15H2,1-3H3/b;;;29-18-/t24-,28?,31-;21-,22-,27-;19-,23?,25-;17-,22-,23?/m1111/s1. The first kappa shape index (κ1) is 105. The van der Waals surface area contributed by atoms with Crippen molar-refractivity contribution in [2.45, 2.75) is 209 Å². The minimum Gasteiger partial charge on any atom is -0.411 e. The maximum atomic E-state index is 13.5. The van der Waals surface area contributed by atoms with Crippen molar-refractivity contribution in [3.05, 3.63) is 380 Å². The fraction of sp³-hybridized carbons (Fsp3) is 0.382. The average Bonchev–Trinajstić information content (AvgIpc) is 0.754. The van der Waals surface area contributed by atoms with Crippen LogP contribution in [-0.4, -0.2) is 111 Å². The molecular formula is C110H122F12N12O6. The third kappa shape index (κ3) is 27.9. The molecule has 0 saturated carbocycles. The highest BCUT2D eigenvalue weighted by Gasteiger charge is 2.47. The third-order valence-corrected chi connectivity index (χ3v) is 26.9. The van der Waals surface area contributed by atoms with Crippen molar-refractivity contribution in [1.82, 2.24) is 46.2 Å². The minimum absolute atomic E-state index is 0.0881. The van der Waals surface area contributed by atoms with Crippen LogP contribution in [0, 0.1) is 33.6 Å². The SMILES string of the molecule is C/C(=N/O)C1(O)CC[C@@](CO[C@H](C)c2cc(C)cc(C(F)(F)F)c2)(c2ccccc2)NC1.Cc1cc([C@@H](C)OC[C@@]2(c3ccccc3)CCC(N(c3ccccn3)c3ccccn3)CN2)cc(C(F)(F)F)c1.Cc1cc([C@@H](C)OC[C@@]2(c3ccccc3)CCC(Nc3ncccn3)CN2)cc(C(F)(F)F)c1.Cc1cc([C@@H](C)OC[C@@]2(c3ccccc3)CC[C@H](Cc3ccccn3)CN2)cc(C(F)(F)F)c1. The molecule has 16 rings (SSSR count). The number of anilines is 3. The number of benzene rings is 8. The van der Waals surface area contributed by atoms with Gasteiger partial charge in [-0.05, 0) is 268 Å². The van der Waals surface area contributed by atoms with Gasteiger partial charge in [0.15, 0.2) is 0 Å². The maximum Gasteiger partial charge on any atom is 0.416 e. The summed E-state index contributed by atoms with van der Waals surface area (Å²) in [7, 11) is 0. The van der Waals surface area contributed by atoms with Crippen molar-refractivity contribution in [3.63, 3.8) is 0 Å². The molecule has 18 nitrogen and oxygen atoms in total. The van der Waals surface area contributed by atoms with E-state index in [9.17, 15) is 57.8 Å². The number of nitrogens with zero attached hydrogens (tertiary/aromatic N) is 7. The number of hydrogen-bond acceptors (Lipinski definition) is 18. The summed E-state index contributed by atoms with van der Waals surface area (Å²) in [6, 6.07) is 76.0. The normalized spacial score (nSPS) is 22.2. The Balaban J connectivity index is 0.000000158. The van der Waals surface area contributed by atoms with Crippen molar-refractivity contribution in [2.24, 2.45) is 11.1 Å². The zero-order chi connectivity index (χ0) is 100. The van der Waals surface area contributed by atoms with Crippen molar-refractivity contribution in [1.29, 1.82) is 0 Å². The Hall–Kier alpha value is -11.8. The highest BCUT2D eigenvalue weighted by Crippen LogP contribution is 2.45. The van der Waals surface area contributed by atoms with Crippen molar-refractivity contribution in [3.8, 4) is 0 Å². The number of pyridine rings is 3. The van der Waals surface area contributed by atoms with Gasteiger partial charge in [0, 0.05) is 68.4 Å². The number of ether oxygens (including phenoxy) is 4. The molecule has 12 aromatic rings. The van der Waals surface area contributed by atoms with Gasteiger partial charge in [-0.3, -0.25) is 4.98 Å². The van der Waals surface area contributed by atoms with E-state index in [2.05, 4.69) is 104 Å². The van der Waals surface area contributed by atoms with Gasteiger partial charge in [0.05, 0.1) is 101 Å². The van der Waals surface area contributed by atoms with Crippen LogP contribution >= 0.6 is 0 Å². The summed E-state index contributed by atoms with van der Waals surface area (Å²) in [6.45, 7) is 18.9. The molecule has 4 aliphatic rings. The number of alkyl halides is 12. The Bertz CT molecular complexity index is 5680. The molecule has 30 heteroatoms. The number of oxime groups is 1. The molecule has 0 aliphatic carbocycles. The quantitative estimate of drug-likeness (QED) is 0.0105. The lowest BCUT2D eigenvalue weighted by Crippen LogP contribution is -2.60. The molecular weight excluding hydrogens is 1810 g/mol. The average molecular weight is 1940 g/mol. The molecule has 4 saturated heterocycles. The van der Waals surface area contributed by atoms with E-state index in [-0.39, 0.29) is 36.5 Å². The lowest BCUT2D eigenvalue weighted by atomic mass is 9.76. The van der Waals surface area contributed by atoms with Crippen molar-refractivity contribution >= 4 is 23.3 Å². The Morgan fingerprint density at radius 1 is 0.393 bits per heavy atom. The molecule has 140 heavy (non-hydrogen) atoms. The van der Waals surface area contributed by atoms with E-state index in [1.54, 1.807) is 104 Å². The summed E-state index contributed by atoms with van der Waals surface area (Å²) >= 11 is 0. The monoisotopic (exact) mass is 1930 g/mol. The first-order valence-electron chi connectivity index (χ1n) is 47.1. The predicted octanol–water partition coefficient (Wildman–Crippen LogP) is 24.6. The summed E-state index contributed by atoms with van der Waals surface area (Å²) in [6.07, 6.45) is -3.99. The lowest BCUT2D eigenvalue weighted by Gasteiger charge is -2.45. The molecule has 4 aromatic heterocycles. The number of β-amino-alcohol motifs (C(OH)–C–C–N with tert-alkyl or cyclic N) is 1. The Labute approximate surface area is 810 Å². The van der Waals surface area contributed by atoms with Gasteiger partial charge in [0.2, 0.25) is 5.95 Å². The Kier molecular flexibility index (Phi) is 35.2. The van der Waals surface area contributed by atoms with E-state index in [0.29, 0.717) is 102 Å². The van der Waals surface area contributed by atoms with Crippen LogP contribution in [0.3, 0.4) is 0 Å². The van der Waals surface area contributed by atoms with E-state index < -0.39 is 93.6 Å². The number of aryl methyl sites for hydroxylation is 4. The number of aliphatic hydroxyl groups is 1. The zero-order valence-electron chi connectivity index (χ0n) is 79.9. The van der Waals surface area contributed by atoms with Crippen LogP contribution in [-0.2, 0) is 72.2 Å². The van der Waals surface area contributed by atoms with Crippen molar-refractivity contribution in [2.75, 3.05) is 62.8 Å². The largest absolute Gasteiger partial charge is 0.416 e. The minimum atomic E-state index is -4.42. The number of piperidine rings is 4. The summed E-state index contributed by atoms with van der Waals surface area (Å²) < 4.78 is 185. The van der Waals surface area contributed by atoms with E-state index in [1.165, 1.54) is 30.3 Å². The number of hydrogen-bond donors (Lipinski definition) is 7. The molecule has 4 aliphatic heterocycles. The molecule has 0 spiro atoms. The van der Waals surface area contributed by atoms with Gasteiger partial charge in [-0.2, -0.15) is 52.7 Å². The first-order valence-corrected chi connectivity index (χ1v) is 47.1. The van der Waals surface area contributed by atoms with Crippen LogP contribution in [0.5, 0.6) is 0 Å². The van der Waals surface area contributed by atoms with Crippen LogP contribution in [0.25, 0.3) is 0 Å². The first-order chi connectivity index (χ1) is 66.7. The van der Waals surface area contributed by atoms with Crippen LogP contribution in [0.15, 0.2) is 291 Å². The third-order valence-electron chi connectivity index (χ3n) is 26.9. The van der Waals surface area contributed by atoms with Gasteiger partial charge in [-0.15, -0.1) is 0 Å². The molecule has 8 aromatic carbocycles. The van der Waals surface area contributed by atoms with Crippen LogP contribution in [0.2, 0.25) is 0 Å². The van der Waals surface area contributed by atoms with Crippen LogP contribution < -0.4 is 31.5 Å². The van der Waals surface area contributed by atoms with Gasteiger partial charge in [-0.25, -0.2) is 19.9 Å². The summed E-state index contributed by atoms with van der Waals surface area (Å²) in [5.74, 6) is 2.71. The van der Waals surface area contributed by atoms with Gasteiger partial charge < -0.3 is 60.7 Å². The summed E-state index contributed by atoms with van der Waals surface area (Å²) in [4.78, 5) is 24.3. The smallest absolute Gasteiger partial charge is 0.411 e. The van der Waals surface area contributed by atoms with E-state index in [4.69, 9.17) is 24.2 Å². The number of halogens is 12. The van der Waals surface area contributed by atoms with Gasteiger partial charge >= 0.3 is 24.7 Å². The van der Waals surface area contributed by atoms with E-state index in [1.807, 2.05) is 154 Å². The molecule has 0 amide bonds. The second kappa shape index (κ2) is 46.7. The summed E-state index contributed by atoms with van der Waals surface area (Å²) in [5.41, 5.74) is 3.94. The zero-order valence-corrected chi connectivity index (χ0v) is 79.9. The van der Waals surface area contributed by atoms with Crippen LogP contribution in [0.1, 0.15) is 205 Å². The Morgan fingerprint density at radius 2 is 0.729 bits per heavy atom. The van der Waals surface area contributed by atoms with Gasteiger partial charge in [0.1, 0.15) is 17.2 Å².